The Hall–Kier alpha value is -3.09. The number of carbonyl (C=O) groups excluding carboxylic acids is 2. The molecule has 2 amide bonds. The van der Waals surface area contributed by atoms with Gasteiger partial charge in [0.2, 0.25) is 5.91 Å². The molecule has 2 saturated carbocycles. The van der Waals surface area contributed by atoms with Crippen molar-refractivity contribution in [1.29, 1.82) is 0 Å². The van der Waals surface area contributed by atoms with Crippen molar-refractivity contribution in [3.05, 3.63) is 60.1 Å². The lowest BCUT2D eigenvalue weighted by atomic mass is 9.66. The van der Waals surface area contributed by atoms with Gasteiger partial charge < -0.3 is 16.0 Å². The van der Waals surface area contributed by atoms with E-state index in [9.17, 15) is 9.59 Å². The van der Waals surface area contributed by atoms with E-state index in [0.717, 1.165) is 49.9 Å². The zero-order chi connectivity index (χ0) is 23.9. The minimum absolute atomic E-state index is 0.104. The summed E-state index contributed by atoms with van der Waals surface area (Å²) in [5.41, 5.74) is 3.58. The van der Waals surface area contributed by atoms with Gasteiger partial charge in [-0.2, -0.15) is 5.10 Å². The second kappa shape index (κ2) is 8.93. The van der Waals surface area contributed by atoms with Crippen molar-refractivity contribution >= 4 is 17.5 Å². The quantitative estimate of drug-likeness (QED) is 0.547. The van der Waals surface area contributed by atoms with E-state index in [0.29, 0.717) is 11.6 Å². The summed E-state index contributed by atoms with van der Waals surface area (Å²) in [4.78, 5) is 26.8. The molecular weight excluding hydrogens is 426 g/mol. The molecule has 3 aliphatic rings. The molecule has 2 aromatic rings. The first-order valence-electron chi connectivity index (χ1n) is 12.5. The number of carbonyl (C=O) groups is 2. The molecule has 0 bridgehead atoms. The molecule has 5 rings (SSSR count). The molecule has 3 atom stereocenters. The Balaban J connectivity index is 1.35. The highest BCUT2D eigenvalue weighted by molar-refractivity contribution is 6.00. The predicted octanol–water partition coefficient (Wildman–Crippen LogP) is 4.31. The third kappa shape index (κ3) is 4.48. The monoisotopic (exact) mass is 461 g/mol. The van der Waals surface area contributed by atoms with E-state index in [1.54, 1.807) is 24.0 Å². The predicted molar refractivity (Wildman–Crippen MR) is 132 cm³/mol. The SMILES string of the molecule is C=C1CCC(c2ccc(NC(=O)[C@@H](NC(=O)c3ccnn3C)C(C3CCC3)C3(C)CC3)cc2)N1. The number of hydrogen-bond donors (Lipinski definition) is 3. The zero-order valence-electron chi connectivity index (χ0n) is 20.1. The van der Waals surface area contributed by atoms with Gasteiger partial charge in [-0.15, -0.1) is 0 Å². The van der Waals surface area contributed by atoms with Crippen LogP contribution in [0.4, 0.5) is 5.69 Å². The summed E-state index contributed by atoms with van der Waals surface area (Å²) in [6.07, 6.45) is 9.29. The van der Waals surface area contributed by atoms with Crippen molar-refractivity contribution in [3.63, 3.8) is 0 Å². The van der Waals surface area contributed by atoms with Gasteiger partial charge in [-0.1, -0.05) is 44.9 Å². The van der Waals surface area contributed by atoms with Crippen molar-refractivity contribution in [3.8, 4) is 0 Å². The molecule has 0 spiro atoms. The second-order valence-corrected chi connectivity index (χ2v) is 10.6. The van der Waals surface area contributed by atoms with Gasteiger partial charge in [0.25, 0.3) is 5.91 Å². The Labute approximate surface area is 201 Å². The molecule has 1 aromatic heterocycles. The van der Waals surface area contributed by atoms with Crippen LogP contribution in [0.2, 0.25) is 0 Å². The van der Waals surface area contributed by atoms with Crippen molar-refractivity contribution in [2.75, 3.05) is 5.32 Å². The van der Waals surface area contributed by atoms with Gasteiger partial charge in [0, 0.05) is 24.6 Å². The summed E-state index contributed by atoms with van der Waals surface area (Å²) < 4.78 is 1.55. The average molecular weight is 462 g/mol. The highest BCUT2D eigenvalue weighted by atomic mass is 16.2. The van der Waals surface area contributed by atoms with Crippen LogP contribution in [0.1, 0.15) is 74.0 Å². The number of allylic oxidation sites excluding steroid dienone is 1. The van der Waals surface area contributed by atoms with E-state index in [-0.39, 0.29) is 29.2 Å². The lowest BCUT2D eigenvalue weighted by Gasteiger charge is -2.42. The van der Waals surface area contributed by atoms with Crippen LogP contribution in [0.5, 0.6) is 0 Å². The largest absolute Gasteiger partial charge is 0.382 e. The fraction of sp³-hybridized carbons (Fsp3) is 0.519. The van der Waals surface area contributed by atoms with Gasteiger partial charge in [0.15, 0.2) is 0 Å². The van der Waals surface area contributed by atoms with Gasteiger partial charge in [-0.25, -0.2) is 0 Å². The molecule has 3 N–H and O–H groups in total. The third-order valence-electron chi connectivity index (χ3n) is 8.18. The Morgan fingerprint density at radius 3 is 2.44 bits per heavy atom. The maximum atomic E-state index is 13.7. The summed E-state index contributed by atoms with van der Waals surface area (Å²) in [7, 11) is 1.74. The van der Waals surface area contributed by atoms with Crippen LogP contribution < -0.4 is 16.0 Å². The molecule has 3 fully saturated rings. The number of anilines is 1. The summed E-state index contributed by atoms with van der Waals surface area (Å²) >= 11 is 0. The molecule has 1 aliphatic heterocycles. The highest BCUT2D eigenvalue weighted by Gasteiger charge is 2.54. The first-order chi connectivity index (χ1) is 16.3. The van der Waals surface area contributed by atoms with Gasteiger partial charge >= 0.3 is 0 Å². The zero-order valence-corrected chi connectivity index (χ0v) is 20.1. The van der Waals surface area contributed by atoms with Crippen LogP contribution >= 0.6 is 0 Å². The van der Waals surface area contributed by atoms with E-state index in [1.807, 2.05) is 12.1 Å². The first kappa shape index (κ1) is 22.7. The molecule has 0 radical (unpaired) electrons. The molecule has 7 heteroatoms. The first-order valence-corrected chi connectivity index (χ1v) is 12.5. The number of rotatable bonds is 8. The van der Waals surface area contributed by atoms with Crippen LogP contribution in [0.25, 0.3) is 0 Å². The molecule has 2 aliphatic carbocycles. The maximum Gasteiger partial charge on any atom is 0.270 e. The lowest BCUT2D eigenvalue weighted by Crippen LogP contribution is -2.54. The van der Waals surface area contributed by atoms with E-state index >= 15 is 0 Å². The van der Waals surface area contributed by atoms with E-state index in [2.05, 4.69) is 46.7 Å². The molecule has 2 heterocycles. The molecule has 180 valence electrons. The molecular formula is C27H35N5O2. The van der Waals surface area contributed by atoms with Gasteiger partial charge in [0.05, 0.1) is 6.04 Å². The van der Waals surface area contributed by atoms with Crippen molar-refractivity contribution < 1.29 is 9.59 Å². The fourth-order valence-electron chi connectivity index (χ4n) is 5.68. The van der Waals surface area contributed by atoms with Gasteiger partial charge in [-0.3, -0.25) is 14.3 Å². The second-order valence-electron chi connectivity index (χ2n) is 10.6. The fourth-order valence-corrected chi connectivity index (χ4v) is 5.68. The van der Waals surface area contributed by atoms with Crippen molar-refractivity contribution in [1.82, 2.24) is 20.4 Å². The smallest absolute Gasteiger partial charge is 0.270 e. The number of aromatic nitrogens is 2. The number of aryl methyl sites for hydroxylation is 1. The number of nitrogens with zero attached hydrogens (tertiary/aromatic N) is 2. The van der Waals surface area contributed by atoms with Crippen LogP contribution in [-0.4, -0.2) is 27.6 Å². The summed E-state index contributed by atoms with van der Waals surface area (Å²) in [5.74, 6) is 0.211. The van der Waals surface area contributed by atoms with E-state index in [4.69, 9.17) is 0 Å². The molecule has 1 saturated heterocycles. The van der Waals surface area contributed by atoms with E-state index in [1.165, 1.54) is 12.0 Å². The lowest BCUT2D eigenvalue weighted by molar-refractivity contribution is -0.121. The molecule has 7 nitrogen and oxygen atoms in total. The summed E-state index contributed by atoms with van der Waals surface area (Å²) in [6.45, 7) is 6.28. The Kier molecular flexibility index (Phi) is 5.96. The average Bonchev–Trinajstić information content (AvgIpc) is 3.15. The molecule has 2 unspecified atom stereocenters. The van der Waals surface area contributed by atoms with Crippen molar-refractivity contribution in [2.24, 2.45) is 24.3 Å². The normalized spacial score (nSPS) is 22.9. The molecule has 1 aromatic carbocycles. The minimum atomic E-state index is -0.584. The number of nitrogens with one attached hydrogen (secondary N) is 3. The Morgan fingerprint density at radius 1 is 1.18 bits per heavy atom. The minimum Gasteiger partial charge on any atom is -0.382 e. The Morgan fingerprint density at radius 2 is 1.91 bits per heavy atom. The number of hydrogen-bond acceptors (Lipinski definition) is 4. The van der Waals surface area contributed by atoms with Gasteiger partial charge in [0.1, 0.15) is 11.7 Å². The van der Waals surface area contributed by atoms with Gasteiger partial charge in [-0.05, 0) is 66.7 Å². The van der Waals surface area contributed by atoms with Crippen LogP contribution in [-0.2, 0) is 11.8 Å². The summed E-state index contributed by atoms with van der Waals surface area (Å²) in [6, 6.07) is 9.40. The Bertz CT molecular complexity index is 1080. The highest BCUT2D eigenvalue weighted by Crippen LogP contribution is 2.58. The standard InChI is InChI=1S/C27H35N5O2/c1-17-7-12-21(29-17)18-8-10-20(11-9-18)30-26(34)24(31-25(33)22-13-16-28-32(22)3)23(19-5-4-6-19)27(2)14-15-27/h8-11,13,16,19,21,23-24,29H,1,4-7,12,14-15H2,2-3H3,(H,30,34)(H,31,33)/t21?,23?,24-/m0/s1. The maximum absolute atomic E-state index is 13.7. The summed E-state index contributed by atoms with van der Waals surface area (Å²) in [5, 5.41) is 13.7. The molecule has 34 heavy (non-hydrogen) atoms. The van der Waals surface area contributed by atoms with Crippen molar-refractivity contribution in [2.45, 2.75) is 64.0 Å². The van der Waals surface area contributed by atoms with Crippen LogP contribution in [0.15, 0.2) is 48.8 Å². The topological polar surface area (TPSA) is 88.1 Å². The third-order valence-corrected chi connectivity index (χ3v) is 8.18. The number of amides is 2. The van der Waals surface area contributed by atoms with E-state index < -0.39 is 6.04 Å². The van der Waals surface area contributed by atoms with Crippen LogP contribution in [0, 0.1) is 17.3 Å². The van der Waals surface area contributed by atoms with Crippen LogP contribution in [0.3, 0.4) is 0 Å². The number of benzene rings is 1.